The number of rotatable bonds is 8. The molecule has 0 bridgehead atoms. The molecule has 0 amide bonds. The van der Waals surface area contributed by atoms with Crippen molar-refractivity contribution in [3.63, 3.8) is 0 Å². The topological polar surface area (TPSA) is 108 Å². The van der Waals surface area contributed by atoms with Gasteiger partial charge in [0.15, 0.2) is 0 Å². The van der Waals surface area contributed by atoms with E-state index in [1.165, 1.54) is 0 Å². The van der Waals surface area contributed by atoms with Crippen LogP contribution < -0.4 is 10.9 Å². The van der Waals surface area contributed by atoms with Gasteiger partial charge < -0.3 is 23.7 Å². The fourth-order valence-electron chi connectivity index (χ4n) is 4.73. The second kappa shape index (κ2) is 10.8. The van der Waals surface area contributed by atoms with E-state index in [4.69, 9.17) is 14.5 Å². The fraction of sp³-hybridized carbons (Fsp3) is 0.536. The molecule has 9 heteroatoms. The Labute approximate surface area is 217 Å². The Balaban J connectivity index is 1.66. The van der Waals surface area contributed by atoms with Gasteiger partial charge in [0, 0.05) is 37.5 Å². The van der Waals surface area contributed by atoms with Crippen molar-refractivity contribution >= 4 is 17.0 Å². The Morgan fingerprint density at radius 2 is 2.08 bits per heavy atom. The molecular weight excluding hydrogens is 472 g/mol. The molecule has 37 heavy (non-hydrogen) atoms. The smallest absolute Gasteiger partial charge is 0.326 e. The molecule has 2 N–H and O–H groups in total. The normalized spacial score (nSPS) is 17.8. The summed E-state index contributed by atoms with van der Waals surface area (Å²) in [6, 6.07) is 7.04. The second-order valence-electron chi connectivity index (χ2n) is 11.0. The number of hydrogen-bond acceptors (Lipinski definition) is 7. The van der Waals surface area contributed by atoms with Crippen LogP contribution in [0.3, 0.4) is 0 Å². The van der Waals surface area contributed by atoms with E-state index >= 15 is 0 Å². The van der Waals surface area contributed by atoms with E-state index in [0.29, 0.717) is 18.7 Å². The lowest BCUT2D eigenvalue weighted by Crippen LogP contribution is -2.47. The van der Waals surface area contributed by atoms with Gasteiger partial charge in [-0.15, -0.1) is 0 Å². The molecule has 3 atom stereocenters. The Kier molecular flexibility index (Phi) is 7.87. The number of aromatic nitrogens is 3. The molecule has 9 nitrogen and oxygen atoms in total. The minimum Gasteiger partial charge on any atom is -0.459 e. The molecule has 3 aromatic rings. The Morgan fingerprint density at radius 3 is 2.70 bits per heavy atom. The number of esters is 1. The van der Waals surface area contributed by atoms with Crippen LogP contribution in [0.1, 0.15) is 51.7 Å². The number of carbonyl (C=O) groups excluding carboxylic acids is 1. The van der Waals surface area contributed by atoms with Crippen molar-refractivity contribution in [2.75, 3.05) is 6.61 Å². The van der Waals surface area contributed by atoms with E-state index in [0.717, 1.165) is 47.4 Å². The van der Waals surface area contributed by atoms with Crippen molar-refractivity contribution in [1.82, 2.24) is 19.4 Å². The van der Waals surface area contributed by atoms with Crippen LogP contribution in [-0.4, -0.2) is 55.7 Å². The molecule has 0 spiro atoms. The minimum absolute atomic E-state index is 0.0310. The number of pyridine rings is 1. The summed E-state index contributed by atoms with van der Waals surface area (Å²) >= 11 is 0. The van der Waals surface area contributed by atoms with Crippen molar-refractivity contribution in [1.29, 1.82) is 0 Å². The predicted molar refractivity (Wildman–Crippen MR) is 142 cm³/mol. The molecule has 0 aliphatic carbocycles. The van der Waals surface area contributed by atoms with E-state index in [1.54, 1.807) is 39.3 Å². The second-order valence-corrected chi connectivity index (χ2v) is 11.0. The Bertz CT molecular complexity index is 1300. The van der Waals surface area contributed by atoms with Gasteiger partial charge >= 0.3 is 5.97 Å². The fourth-order valence-corrected chi connectivity index (χ4v) is 4.73. The highest BCUT2D eigenvalue weighted by molar-refractivity contribution is 5.81. The third kappa shape index (κ3) is 6.29. The SMILES string of the molecule is Cc1cc(-c2nc3cc(CN[C@H](C(=O)OC(C)(C)C)[C@@H](C)O)ccc3n2C[C@@H]2CCCO2)cn(C)c1=O. The van der Waals surface area contributed by atoms with Crippen LogP contribution in [0.15, 0.2) is 35.3 Å². The Morgan fingerprint density at radius 1 is 1.32 bits per heavy atom. The van der Waals surface area contributed by atoms with Crippen LogP contribution in [0.25, 0.3) is 22.4 Å². The van der Waals surface area contributed by atoms with Crippen LogP contribution in [0.5, 0.6) is 0 Å². The van der Waals surface area contributed by atoms with Crippen molar-refractivity contribution in [2.45, 2.75) is 84.4 Å². The van der Waals surface area contributed by atoms with E-state index in [1.807, 2.05) is 37.4 Å². The summed E-state index contributed by atoms with van der Waals surface area (Å²) in [6.45, 7) is 10.6. The highest BCUT2D eigenvalue weighted by atomic mass is 16.6. The van der Waals surface area contributed by atoms with Crippen molar-refractivity contribution in [3.8, 4) is 11.4 Å². The van der Waals surface area contributed by atoms with Gasteiger partial charge in [0.05, 0.1) is 29.8 Å². The summed E-state index contributed by atoms with van der Waals surface area (Å²) in [5.41, 5.74) is 3.56. The van der Waals surface area contributed by atoms with Gasteiger partial charge in [-0.3, -0.25) is 14.9 Å². The summed E-state index contributed by atoms with van der Waals surface area (Å²) in [6.07, 6.45) is 3.07. The van der Waals surface area contributed by atoms with E-state index in [9.17, 15) is 14.7 Å². The van der Waals surface area contributed by atoms with Gasteiger partial charge in [0.1, 0.15) is 17.5 Å². The van der Waals surface area contributed by atoms with Gasteiger partial charge in [-0.05, 0) is 71.2 Å². The molecule has 1 aliphatic heterocycles. The van der Waals surface area contributed by atoms with Gasteiger partial charge in [0.2, 0.25) is 0 Å². The number of imidazole rings is 1. The molecule has 200 valence electrons. The number of aryl methyl sites for hydroxylation is 2. The lowest BCUT2D eigenvalue weighted by molar-refractivity contribution is -0.160. The van der Waals surface area contributed by atoms with Crippen molar-refractivity contribution in [3.05, 3.63) is 51.9 Å². The highest BCUT2D eigenvalue weighted by Gasteiger charge is 2.28. The number of nitrogens with one attached hydrogen (secondary N) is 1. The lowest BCUT2D eigenvalue weighted by atomic mass is 10.1. The van der Waals surface area contributed by atoms with Crippen LogP contribution in [-0.2, 0) is 34.4 Å². The number of aliphatic hydroxyl groups excluding tert-OH is 1. The van der Waals surface area contributed by atoms with E-state index < -0.39 is 23.7 Å². The lowest BCUT2D eigenvalue weighted by Gasteiger charge is -2.26. The molecule has 3 heterocycles. The molecule has 1 fully saturated rings. The zero-order valence-electron chi connectivity index (χ0n) is 22.6. The maximum atomic E-state index is 12.6. The summed E-state index contributed by atoms with van der Waals surface area (Å²) in [4.78, 5) is 29.8. The zero-order valence-corrected chi connectivity index (χ0v) is 22.6. The number of hydrogen-bond donors (Lipinski definition) is 2. The molecule has 1 aromatic carbocycles. The molecule has 0 unspecified atom stereocenters. The zero-order chi connectivity index (χ0) is 26.9. The first-order valence-corrected chi connectivity index (χ1v) is 12.9. The Hall–Kier alpha value is -3.01. The molecule has 0 radical (unpaired) electrons. The average Bonchev–Trinajstić information content (AvgIpc) is 3.44. The first kappa shape index (κ1) is 27.0. The molecule has 2 aromatic heterocycles. The van der Waals surface area contributed by atoms with Crippen LogP contribution in [0.4, 0.5) is 0 Å². The maximum Gasteiger partial charge on any atom is 0.326 e. The van der Waals surface area contributed by atoms with E-state index in [-0.39, 0.29) is 11.7 Å². The van der Waals surface area contributed by atoms with Gasteiger partial charge in [-0.25, -0.2) is 4.98 Å². The van der Waals surface area contributed by atoms with Crippen molar-refractivity contribution < 1.29 is 19.4 Å². The number of carbonyl (C=O) groups is 1. The molecule has 1 aliphatic rings. The molecule has 4 rings (SSSR count). The standard InChI is InChI=1S/C28H38N4O5/c1-17-12-20(15-31(6)26(17)34)25-30-22-13-19(9-10-23(22)32(25)16-21-8-7-11-36-21)14-29-24(18(2)33)27(35)37-28(3,4)5/h9-10,12-13,15,18,21,24,29,33H,7-8,11,14,16H2,1-6H3/t18-,21+,24+/m1/s1. The summed E-state index contributed by atoms with van der Waals surface area (Å²) in [5.74, 6) is 0.293. The third-order valence-electron chi connectivity index (χ3n) is 6.51. The van der Waals surface area contributed by atoms with Crippen molar-refractivity contribution in [2.24, 2.45) is 7.05 Å². The first-order chi connectivity index (χ1) is 17.4. The van der Waals surface area contributed by atoms with Crippen LogP contribution >= 0.6 is 0 Å². The number of aliphatic hydroxyl groups is 1. The number of fused-ring (bicyclic) bond motifs is 1. The number of nitrogens with zero attached hydrogens (tertiary/aromatic N) is 3. The van der Waals surface area contributed by atoms with Gasteiger partial charge in [0.25, 0.3) is 5.56 Å². The highest BCUT2D eigenvalue weighted by Crippen LogP contribution is 2.28. The first-order valence-electron chi connectivity index (χ1n) is 12.9. The van der Waals surface area contributed by atoms with E-state index in [2.05, 4.69) is 9.88 Å². The third-order valence-corrected chi connectivity index (χ3v) is 6.51. The van der Waals surface area contributed by atoms with Crippen LogP contribution in [0, 0.1) is 6.92 Å². The number of benzene rings is 1. The quantitative estimate of drug-likeness (QED) is 0.449. The average molecular weight is 511 g/mol. The monoisotopic (exact) mass is 510 g/mol. The molecular formula is C28H38N4O5. The molecule has 1 saturated heterocycles. The molecule has 0 saturated carbocycles. The summed E-state index contributed by atoms with van der Waals surface area (Å²) in [7, 11) is 1.75. The van der Waals surface area contributed by atoms with Gasteiger partial charge in [-0.1, -0.05) is 6.07 Å². The predicted octanol–water partition coefficient (Wildman–Crippen LogP) is 3.07. The number of ether oxygens (including phenoxy) is 2. The van der Waals surface area contributed by atoms with Gasteiger partial charge in [-0.2, -0.15) is 0 Å². The summed E-state index contributed by atoms with van der Waals surface area (Å²) < 4.78 is 15.1. The largest absolute Gasteiger partial charge is 0.459 e. The maximum absolute atomic E-state index is 12.6. The van der Waals surface area contributed by atoms with Crippen LogP contribution in [0.2, 0.25) is 0 Å². The summed E-state index contributed by atoms with van der Waals surface area (Å²) in [5, 5.41) is 13.3. The minimum atomic E-state index is -0.913.